The van der Waals surface area contributed by atoms with Gasteiger partial charge in [0.05, 0.1) is 12.5 Å². The predicted octanol–water partition coefficient (Wildman–Crippen LogP) is 0.322. The summed E-state index contributed by atoms with van der Waals surface area (Å²) in [6, 6.07) is 0. The predicted molar refractivity (Wildman–Crippen MR) is 34.6 cm³/mol. The summed E-state index contributed by atoms with van der Waals surface area (Å²) >= 11 is 0. The Labute approximate surface area is 59.4 Å². The second-order valence-corrected chi connectivity index (χ2v) is 2.61. The highest BCUT2D eigenvalue weighted by molar-refractivity contribution is 6.01. The Morgan fingerprint density at radius 2 is 2.00 bits per heavy atom. The second kappa shape index (κ2) is 2.50. The molecule has 2 unspecified atom stereocenters. The van der Waals surface area contributed by atoms with Gasteiger partial charge in [-0.15, -0.1) is 0 Å². The normalized spacial score (nSPS) is 29.8. The highest BCUT2D eigenvalue weighted by Crippen LogP contribution is 2.22. The van der Waals surface area contributed by atoms with Gasteiger partial charge in [0, 0.05) is 0 Å². The molecule has 1 aliphatic rings. The minimum Gasteiger partial charge on any atom is -0.362 e. The molecule has 0 radical (unpaired) electrons. The molecule has 3 nitrogen and oxygen atoms in total. The van der Waals surface area contributed by atoms with Crippen LogP contribution in [0.1, 0.15) is 20.3 Å². The van der Waals surface area contributed by atoms with Crippen LogP contribution in [0.5, 0.6) is 0 Å². The molecule has 10 heavy (non-hydrogen) atoms. The van der Waals surface area contributed by atoms with Gasteiger partial charge in [-0.25, -0.2) is 0 Å². The van der Waals surface area contributed by atoms with Crippen LogP contribution in [0.3, 0.4) is 0 Å². The molecule has 0 aromatic carbocycles. The minimum atomic E-state index is -0.288. The van der Waals surface area contributed by atoms with Crippen LogP contribution in [0.2, 0.25) is 0 Å². The molecule has 2 atom stereocenters. The first-order valence-corrected chi connectivity index (χ1v) is 3.29. The summed E-state index contributed by atoms with van der Waals surface area (Å²) in [4.78, 5) is 21.3. The van der Waals surface area contributed by atoms with Crippen molar-refractivity contribution in [2.45, 2.75) is 32.5 Å². The maximum atomic E-state index is 10.9. The Kier molecular flexibility index (Phi) is 1.85. The zero-order valence-electron chi connectivity index (χ0n) is 6.09. The van der Waals surface area contributed by atoms with E-state index in [1.165, 1.54) is 6.92 Å². The third-order valence-electron chi connectivity index (χ3n) is 1.45. The van der Waals surface area contributed by atoms with Crippen LogP contribution in [-0.2, 0) is 14.3 Å². The smallest absolute Gasteiger partial charge is 0.171 e. The molecule has 1 saturated heterocycles. The van der Waals surface area contributed by atoms with Crippen molar-refractivity contribution in [1.82, 2.24) is 0 Å². The van der Waals surface area contributed by atoms with Gasteiger partial charge in [-0.2, -0.15) is 0 Å². The maximum absolute atomic E-state index is 10.9. The Morgan fingerprint density at radius 3 is 2.30 bits per heavy atom. The molecule has 0 bridgehead atoms. The summed E-state index contributed by atoms with van der Waals surface area (Å²) in [5.74, 6) is -0.173. The van der Waals surface area contributed by atoms with Gasteiger partial charge in [0.25, 0.3) is 0 Å². The van der Waals surface area contributed by atoms with E-state index in [-0.39, 0.29) is 30.2 Å². The van der Waals surface area contributed by atoms with Crippen LogP contribution in [0.25, 0.3) is 0 Å². The Balaban J connectivity index is 2.30. The van der Waals surface area contributed by atoms with E-state index in [4.69, 9.17) is 4.74 Å². The summed E-state index contributed by atoms with van der Waals surface area (Å²) in [5, 5.41) is 0. The van der Waals surface area contributed by atoms with E-state index in [0.29, 0.717) is 0 Å². The molecule has 1 aliphatic heterocycles. The number of hydrogen-bond donors (Lipinski definition) is 0. The van der Waals surface area contributed by atoms with Gasteiger partial charge in [-0.05, 0) is 13.8 Å². The molecule has 0 aromatic heterocycles. The van der Waals surface area contributed by atoms with Gasteiger partial charge in [0.2, 0.25) is 0 Å². The fourth-order valence-corrected chi connectivity index (χ4v) is 0.870. The van der Waals surface area contributed by atoms with Crippen LogP contribution in [0.4, 0.5) is 0 Å². The zero-order chi connectivity index (χ0) is 7.72. The lowest BCUT2D eigenvalue weighted by Crippen LogP contribution is -2.12. The number of epoxide rings is 1. The summed E-state index contributed by atoms with van der Waals surface area (Å²) in [7, 11) is 0. The standard InChI is InChI=1S/C7H10O3/c1-4(8)3-6(9)7-5(2)10-7/h5,7H,3H2,1-2H3. The average Bonchev–Trinajstić information content (AvgIpc) is 2.44. The molecule has 3 heteroatoms. The summed E-state index contributed by atoms with van der Waals surface area (Å²) in [6.45, 7) is 3.23. The van der Waals surface area contributed by atoms with Gasteiger partial charge >= 0.3 is 0 Å². The first-order valence-electron chi connectivity index (χ1n) is 3.29. The number of rotatable bonds is 3. The van der Waals surface area contributed by atoms with Crippen molar-refractivity contribution >= 4 is 11.6 Å². The molecule has 0 saturated carbocycles. The quantitative estimate of drug-likeness (QED) is 0.421. The van der Waals surface area contributed by atoms with E-state index >= 15 is 0 Å². The molecular weight excluding hydrogens is 132 g/mol. The maximum Gasteiger partial charge on any atom is 0.171 e. The first kappa shape index (κ1) is 7.41. The molecule has 0 N–H and O–H groups in total. The lowest BCUT2D eigenvalue weighted by atomic mass is 10.1. The van der Waals surface area contributed by atoms with E-state index in [2.05, 4.69) is 0 Å². The molecule has 0 aliphatic carbocycles. The number of hydrogen-bond acceptors (Lipinski definition) is 3. The average molecular weight is 142 g/mol. The van der Waals surface area contributed by atoms with E-state index in [9.17, 15) is 9.59 Å². The third-order valence-corrected chi connectivity index (χ3v) is 1.45. The van der Waals surface area contributed by atoms with Crippen molar-refractivity contribution in [3.05, 3.63) is 0 Å². The molecule has 0 amide bonds. The summed E-state index contributed by atoms with van der Waals surface area (Å²) < 4.78 is 4.88. The van der Waals surface area contributed by atoms with E-state index in [1.54, 1.807) is 0 Å². The summed E-state index contributed by atoms with van der Waals surface area (Å²) in [5.41, 5.74) is 0. The van der Waals surface area contributed by atoms with E-state index < -0.39 is 0 Å². The highest BCUT2D eigenvalue weighted by atomic mass is 16.6. The second-order valence-electron chi connectivity index (χ2n) is 2.61. The lowest BCUT2D eigenvalue weighted by Gasteiger charge is -1.88. The van der Waals surface area contributed by atoms with Crippen molar-refractivity contribution in [2.24, 2.45) is 0 Å². The van der Waals surface area contributed by atoms with Gasteiger partial charge < -0.3 is 4.74 Å². The Bertz CT molecular complexity index is 174. The molecule has 0 spiro atoms. The molecule has 0 aromatic rings. The molecule has 1 heterocycles. The van der Waals surface area contributed by atoms with Gasteiger partial charge in [-0.3, -0.25) is 9.59 Å². The van der Waals surface area contributed by atoms with E-state index in [0.717, 1.165) is 0 Å². The van der Waals surface area contributed by atoms with Gasteiger partial charge in [-0.1, -0.05) is 0 Å². The van der Waals surface area contributed by atoms with Crippen molar-refractivity contribution in [2.75, 3.05) is 0 Å². The zero-order valence-corrected chi connectivity index (χ0v) is 6.09. The van der Waals surface area contributed by atoms with Crippen LogP contribution in [0, 0.1) is 0 Å². The van der Waals surface area contributed by atoms with E-state index in [1.807, 2.05) is 6.92 Å². The Hall–Kier alpha value is -0.700. The van der Waals surface area contributed by atoms with Crippen molar-refractivity contribution in [3.63, 3.8) is 0 Å². The number of Topliss-reactive ketones (excluding diaryl/α,β-unsaturated/α-hetero) is 2. The third kappa shape index (κ3) is 1.64. The number of carbonyl (C=O) groups excluding carboxylic acids is 2. The van der Waals surface area contributed by atoms with Crippen LogP contribution < -0.4 is 0 Å². The number of ether oxygens (including phenoxy) is 1. The first-order chi connectivity index (χ1) is 4.61. The van der Waals surface area contributed by atoms with Crippen molar-refractivity contribution in [1.29, 1.82) is 0 Å². The molecule has 1 fully saturated rings. The van der Waals surface area contributed by atoms with Gasteiger partial charge in [0.15, 0.2) is 5.78 Å². The Morgan fingerprint density at radius 1 is 1.50 bits per heavy atom. The lowest BCUT2D eigenvalue weighted by molar-refractivity contribution is -0.126. The van der Waals surface area contributed by atoms with Crippen LogP contribution in [-0.4, -0.2) is 23.8 Å². The van der Waals surface area contributed by atoms with Crippen molar-refractivity contribution < 1.29 is 14.3 Å². The molecule has 56 valence electrons. The molecule has 1 rings (SSSR count). The van der Waals surface area contributed by atoms with Crippen LogP contribution >= 0.6 is 0 Å². The SMILES string of the molecule is CC(=O)CC(=O)C1OC1C. The molecular formula is C7H10O3. The number of carbonyl (C=O) groups is 2. The largest absolute Gasteiger partial charge is 0.362 e. The monoisotopic (exact) mass is 142 g/mol. The fourth-order valence-electron chi connectivity index (χ4n) is 0.870. The van der Waals surface area contributed by atoms with Gasteiger partial charge in [0.1, 0.15) is 11.9 Å². The van der Waals surface area contributed by atoms with Crippen LogP contribution in [0.15, 0.2) is 0 Å². The van der Waals surface area contributed by atoms with Crippen molar-refractivity contribution in [3.8, 4) is 0 Å². The number of ketones is 2. The topological polar surface area (TPSA) is 46.7 Å². The minimum absolute atomic E-state index is 0.0228. The summed E-state index contributed by atoms with van der Waals surface area (Å²) in [6.07, 6.45) is -0.231. The highest BCUT2D eigenvalue weighted by Gasteiger charge is 2.40. The fraction of sp³-hybridized carbons (Fsp3) is 0.714.